The fraction of sp³-hybridized carbons (Fsp3) is 0.538. The number of thiophene rings is 1. The van der Waals surface area contributed by atoms with E-state index in [1.165, 1.54) is 0 Å². The predicted molar refractivity (Wildman–Crippen MR) is 73.9 cm³/mol. The predicted octanol–water partition coefficient (Wildman–Crippen LogP) is 2.65. The van der Waals surface area contributed by atoms with E-state index in [9.17, 15) is 5.11 Å². The molecule has 3 rings (SSSR count). The van der Waals surface area contributed by atoms with E-state index >= 15 is 0 Å². The Kier molecular flexibility index (Phi) is 3.43. The van der Waals surface area contributed by atoms with Crippen LogP contribution in [0.1, 0.15) is 25.7 Å². The van der Waals surface area contributed by atoms with Crippen molar-refractivity contribution in [2.45, 2.75) is 31.8 Å². The summed E-state index contributed by atoms with van der Waals surface area (Å²) in [6.45, 7) is 0.939. The highest BCUT2D eigenvalue weighted by atomic mass is 32.1. The molecule has 0 atom stereocenters. The Bertz CT molecular complexity index is 520. The zero-order chi connectivity index (χ0) is 12.4. The van der Waals surface area contributed by atoms with Crippen LogP contribution in [0.15, 0.2) is 17.8 Å². The average Bonchev–Trinajstić information content (AvgIpc) is 2.87. The quantitative estimate of drug-likeness (QED) is 0.894. The van der Waals surface area contributed by atoms with Crippen LogP contribution in [0.25, 0.3) is 10.2 Å². The van der Waals surface area contributed by atoms with E-state index in [1.807, 2.05) is 5.38 Å². The normalized spacial score (nSPS) is 24.3. The van der Waals surface area contributed by atoms with Crippen LogP contribution in [0.2, 0.25) is 0 Å². The molecule has 0 aliphatic heterocycles. The summed E-state index contributed by atoms with van der Waals surface area (Å²) >= 11 is 1.64. The molecular weight excluding hydrogens is 246 g/mol. The number of aliphatic hydroxyl groups excluding tert-OH is 1. The Morgan fingerprint density at radius 1 is 1.28 bits per heavy atom. The van der Waals surface area contributed by atoms with Crippen LogP contribution >= 0.6 is 11.3 Å². The van der Waals surface area contributed by atoms with Crippen molar-refractivity contribution in [1.82, 2.24) is 9.97 Å². The van der Waals surface area contributed by atoms with Crippen LogP contribution in [0.5, 0.6) is 0 Å². The van der Waals surface area contributed by atoms with Gasteiger partial charge >= 0.3 is 0 Å². The van der Waals surface area contributed by atoms with Gasteiger partial charge in [0.05, 0.1) is 11.5 Å². The molecule has 2 aromatic rings. The molecule has 96 valence electrons. The zero-order valence-electron chi connectivity index (χ0n) is 10.2. The Morgan fingerprint density at radius 3 is 2.94 bits per heavy atom. The Morgan fingerprint density at radius 2 is 2.11 bits per heavy atom. The van der Waals surface area contributed by atoms with Gasteiger partial charge in [-0.1, -0.05) is 0 Å². The molecule has 0 radical (unpaired) electrons. The molecule has 18 heavy (non-hydrogen) atoms. The topological polar surface area (TPSA) is 58.0 Å². The van der Waals surface area contributed by atoms with Gasteiger partial charge in [0.15, 0.2) is 0 Å². The van der Waals surface area contributed by atoms with E-state index in [0.717, 1.165) is 48.3 Å². The fourth-order valence-electron chi connectivity index (χ4n) is 2.52. The standard InChI is InChI=1S/C13H17N3OS/c17-10-3-1-9(2-4-10)7-14-12-11-5-6-18-13(11)16-8-15-12/h5-6,8-10,17H,1-4,7H2,(H,14,15,16). The third kappa shape index (κ3) is 2.47. The minimum atomic E-state index is -0.0797. The van der Waals surface area contributed by atoms with Crippen molar-refractivity contribution in [3.05, 3.63) is 17.8 Å². The third-order valence-electron chi connectivity index (χ3n) is 3.64. The molecule has 0 amide bonds. The molecule has 0 saturated heterocycles. The third-order valence-corrected chi connectivity index (χ3v) is 4.46. The van der Waals surface area contributed by atoms with Gasteiger partial charge in [0, 0.05) is 6.54 Å². The molecule has 2 aromatic heterocycles. The first-order chi connectivity index (χ1) is 8.83. The van der Waals surface area contributed by atoms with Crippen molar-refractivity contribution in [1.29, 1.82) is 0 Å². The molecule has 1 saturated carbocycles. The summed E-state index contributed by atoms with van der Waals surface area (Å²) in [4.78, 5) is 9.59. The highest BCUT2D eigenvalue weighted by molar-refractivity contribution is 7.16. The summed E-state index contributed by atoms with van der Waals surface area (Å²) < 4.78 is 0. The van der Waals surface area contributed by atoms with Gasteiger partial charge in [0.25, 0.3) is 0 Å². The largest absolute Gasteiger partial charge is 0.393 e. The molecule has 2 heterocycles. The maximum atomic E-state index is 9.49. The first-order valence-corrected chi connectivity index (χ1v) is 7.31. The van der Waals surface area contributed by atoms with Gasteiger partial charge in [-0.05, 0) is 43.0 Å². The van der Waals surface area contributed by atoms with Crippen LogP contribution < -0.4 is 5.32 Å². The number of aliphatic hydroxyl groups is 1. The molecule has 0 bridgehead atoms. The number of hydrogen-bond donors (Lipinski definition) is 2. The first kappa shape index (κ1) is 11.9. The highest BCUT2D eigenvalue weighted by Crippen LogP contribution is 2.27. The van der Waals surface area contributed by atoms with Gasteiger partial charge in [-0.15, -0.1) is 11.3 Å². The lowest BCUT2D eigenvalue weighted by molar-refractivity contribution is 0.111. The van der Waals surface area contributed by atoms with E-state index in [0.29, 0.717) is 5.92 Å². The van der Waals surface area contributed by atoms with Crippen LogP contribution in [-0.4, -0.2) is 27.7 Å². The van der Waals surface area contributed by atoms with Crippen LogP contribution in [0, 0.1) is 5.92 Å². The van der Waals surface area contributed by atoms with Crippen molar-refractivity contribution in [3.63, 3.8) is 0 Å². The smallest absolute Gasteiger partial charge is 0.138 e. The monoisotopic (exact) mass is 263 g/mol. The summed E-state index contributed by atoms with van der Waals surface area (Å²) in [7, 11) is 0. The lowest BCUT2D eigenvalue weighted by atomic mass is 9.87. The lowest BCUT2D eigenvalue weighted by Gasteiger charge is -2.25. The molecule has 0 spiro atoms. The highest BCUT2D eigenvalue weighted by Gasteiger charge is 2.19. The van der Waals surface area contributed by atoms with Gasteiger partial charge < -0.3 is 10.4 Å². The fourth-order valence-corrected chi connectivity index (χ4v) is 3.25. The second kappa shape index (κ2) is 5.20. The summed E-state index contributed by atoms with van der Waals surface area (Å²) in [6, 6.07) is 2.06. The van der Waals surface area contributed by atoms with Gasteiger partial charge in [-0.3, -0.25) is 0 Å². The lowest BCUT2D eigenvalue weighted by Crippen LogP contribution is -2.23. The summed E-state index contributed by atoms with van der Waals surface area (Å²) in [5.41, 5.74) is 0. The maximum absolute atomic E-state index is 9.49. The number of hydrogen-bond acceptors (Lipinski definition) is 5. The van der Waals surface area contributed by atoms with Gasteiger partial charge in [0.2, 0.25) is 0 Å². The second-order valence-electron chi connectivity index (χ2n) is 4.92. The maximum Gasteiger partial charge on any atom is 0.138 e. The van der Waals surface area contributed by atoms with E-state index < -0.39 is 0 Å². The summed E-state index contributed by atoms with van der Waals surface area (Å²) in [5.74, 6) is 1.59. The van der Waals surface area contributed by atoms with Gasteiger partial charge in [-0.25, -0.2) is 9.97 Å². The van der Waals surface area contributed by atoms with Crippen molar-refractivity contribution in [2.24, 2.45) is 5.92 Å². The minimum Gasteiger partial charge on any atom is -0.393 e. The summed E-state index contributed by atoms with van der Waals surface area (Å²) in [6.07, 6.45) is 5.61. The van der Waals surface area contributed by atoms with Crippen molar-refractivity contribution >= 4 is 27.4 Å². The number of anilines is 1. The summed E-state index contributed by atoms with van der Waals surface area (Å²) in [5, 5.41) is 16.1. The molecule has 5 heteroatoms. The van der Waals surface area contributed by atoms with Crippen molar-refractivity contribution in [3.8, 4) is 0 Å². The number of nitrogens with one attached hydrogen (secondary N) is 1. The number of nitrogens with zero attached hydrogens (tertiary/aromatic N) is 2. The van der Waals surface area contributed by atoms with Crippen LogP contribution in [0.4, 0.5) is 5.82 Å². The Labute approximate surface area is 110 Å². The average molecular weight is 263 g/mol. The molecule has 0 unspecified atom stereocenters. The van der Waals surface area contributed by atoms with Crippen LogP contribution in [0.3, 0.4) is 0 Å². The van der Waals surface area contributed by atoms with Gasteiger partial charge in [-0.2, -0.15) is 0 Å². The number of fused-ring (bicyclic) bond motifs is 1. The molecule has 4 nitrogen and oxygen atoms in total. The molecular formula is C13H17N3OS. The molecule has 1 aliphatic rings. The van der Waals surface area contributed by atoms with Crippen LogP contribution in [-0.2, 0) is 0 Å². The molecule has 2 N–H and O–H groups in total. The van der Waals surface area contributed by atoms with E-state index in [4.69, 9.17) is 0 Å². The molecule has 1 aliphatic carbocycles. The second-order valence-corrected chi connectivity index (χ2v) is 5.81. The first-order valence-electron chi connectivity index (χ1n) is 6.43. The van der Waals surface area contributed by atoms with E-state index in [2.05, 4.69) is 21.4 Å². The van der Waals surface area contributed by atoms with E-state index in [1.54, 1.807) is 17.7 Å². The minimum absolute atomic E-state index is 0.0797. The van der Waals surface area contributed by atoms with Gasteiger partial charge in [0.1, 0.15) is 17.0 Å². The Hall–Kier alpha value is -1.20. The molecule has 0 aromatic carbocycles. The van der Waals surface area contributed by atoms with E-state index in [-0.39, 0.29) is 6.10 Å². The van der Waals surface area contributed by atoms with Crippen molar-refractivity contribution in [2.75, 3.05) is 11.9 Å². The number of rotatable bonds is 3. The van der Waals surface area contributed by atoms with Crippen molar-refractivity contribution < 1.29 is 5.11 Å². The SMILES string of the molecule is OC1CCC(CNc2ncnc3sccc23)CC1. The number of aromatic nitrogens is 2. The Balaban J connectivity index is 1.64. The molecule has 1 fully saturated rings. The zero-order valence-corrected chi connectivity index (χ0v) is 11.0.